The van der Waals surface area contributed by atoms with Crippen LogP contribution >= 0.6 is 11.6 Å². The molecule has 0 aromatic heterocycles. The van der Waals surface area contributed by atoms with Crippen molar-refractivity contribution in [1.29, 1.82) is 0 Å². The van der Waals surface area contributed by atoms with Crippen molar-refractivity contribution in [2.45, 2.75) is 31.8 Å². The van der Waals surface area contributed by atoms with Gasteiger partial charge in [-0.05, 0) is 37.0 Å². The van der Waals surface area contributed by atoms with Crippen LogP contribution in [0.2, 0.25) is 5.02 Å². The summed E-state index contributed by atoms with van der Waals surface area (Å²) in [6.07, 6.45) is 2.05. The van der Waals surface area contributed by atoms with Crippen LogP contribution in [0.25, 0.3) is 0 Å². The summed E-state index contributed by atoms with van der Waals surface area (Å²) in [5.41, 5.74) is 1.13. The van der Waals surface area contributed by atoms with Gasteiger partial charge in [0.2, 0.25) is 0 Å². The molecule has 0 spiro atoms. The fourth-order valence-electron chi connectivity index (χ4n) is 1.95. The molecule has 0 bridgehead atoms. The van der Waals surface area contributed by atoms with E-state index in [0.29, 0.717) is 24.3 Å². The molecular weight excluding hydrogens is 268 g/mol. The zero-order chi connectivity index (χ0) is 13.7. The Morgan fingerprint density at radius 3 is 2.63 bits per heavy atom. The Bertz CT molecular complexity index is 455. The second kappa shape index (κ2) is 6.57. The molecule has 0 unspecified atom stereocenters. The molecule has 19 heavy (non-hydrogen) atoms. The molecule has 5 heteroatoms. The number of esters is 2. The quantitative estimate of drug-likeness (QED) is 0.800. The fraction of sp³-hybridized carbons (Fsp3) is 0.429. The highest BCUT2D eigenvalue weighted by Crippen LogP contribution is 2.16. The minimum Gasteiger partial charge on any atom is -0.460 e. The number of carbonyl (C=O) groups is 2. The van der Waals surface area contributed by atoms with Crippen molar-refractivity contribution >= 4 is 23.5 Å². The summed E-state index contributed by atoms with van der Waals surface area (Å²) in [4.78, 5) is 22.5. The molecule has 1 aromatic rings. The van der Waals surface area contributed by atoms with E-state index >= 15 is 0 Å². The van der Waals surface area contributed by atoms with Crippen molar-refractivity contribution < 1.29 is 19.1 Å². The van der Waals surface area contributed by atoms with Crippen LogP contribution in [0.1, 0.15) is 24.8 Å². The zero-order valence-corrected chi connectivity index (χ0v) is 11.2. The maximum atomic E-state index is 11.3. The third kappa shape index (κ3) is 4.56. The van der Waals surface area contributed by atoms with Crippen LogP contribution in [0, 0.1) is 0 Å². The smallest absolute Gasteiger partial charge is 0.344 e. The van der Waals surface area contributed by atoms with Crippen LogP contribution in [0.15, 0.2) is 24.3 Å². The second-order valence-corrected chi connectivity index (χ2v) is 4.91. The average molecular weight is 283 g/mol. The summed E-state index contributed by atoms with van der Waals surface area (Å²) in [6, 6.07) is 7.56. The van der Waals surface area contributed by atoms with E-state index in [9.17, 15) is 9.59 Å². The first-order chi connectivity index (χ1) is 9.13. The van der Waals surface area contributed by atoms with E-state index in [2.05, 4.69) is 0 Å². The maximum absolute atomic E-state index is 11.3. The lowest BCUT2D eigenvalue weighted by Crippen LogP contribution is -2.27. The van der Waals surface area contributed by atoms with Crippen LogP contribution < -0.4 is 0 Å². The number of rotatable bonds is 3. The number of halogens is 1. The van der Waals surface area contributed by atoms with Gasteiger partial charge in [-0.3, -0.25) is 4.79 Å². The Hall–Kier alpha value is -1.55. The molecule has 1 saturated heterocycles. The van der Waals surface area contributed by atoms with Gasteiger partial charge in [-0.25, -0.2) is 4.79 Å². The monoisotopic (exact) mass is 282 g/mol. The van der Waals surface area contributed by atoms with E-state index in [4.69, 9.17) is 21.1 Å². The lowest BCUT2D eigenvalue weighted by atomic mass is 10.0. The van der Waals surface area contributed by atoms with Gasteiger partial charge in [0.25, 0.3) is 0 Å². The Kier molecular flexibility index (Phi) is 4.80. The van der Waals surface area contributed by atoms with Crippen molar-refractivity contribution in [3.8, 4) is 0 Å². The standard InChI is InChI=1S/C14H15ClO4/c15-11-4-1-10(2-5-11)3-6-12-7-8-13(16)18-9-14(17)19-12/h1-2,4-5,12H,3,6-9H2/t12-/m0/s1. The van der Waals surface area contributed by atoms with E-state index in [1.54, 1.807) is 0 Å². The summed E-state index contributed by atoms with van der Waals surface area (Å²) in [6.45, 7) is -0.281. The summed E-state index contributed by atoms with van der Waals surface area (Å²) >= 11 is 5.81. The molecule has 1 heterocycles. The van der Waals surface area contributed by atoms with E-state index in [1.165, 1.54) is 0 Å². The van der Waals surface area contributed by atoms with Gasteiger partial charge in [-0.15, -0.1) is 0 Å². The summed E-state index contributed by atoms with van der Waals surface area (Å²) in [5.74, 6) is -0.817. The van der Waals surface area contributed by atoms with E-state index < -0.39 is 5.97 Å². The van der Waals surface area contributed by atoms with Gasteiger partial charge in [-0.1, -0.05) is 23.7 Å². The van der Waals surface area contributed by atoms with E-state index in [0.717, 1.165) is 12.0 Å². The molecule has 0 saturated carbocycles. The minimum absolute atomic E-state index is 0.226. The third-order valence-electron chi connectivity index (χ3n) is 2.99. The molecule has 1 fully saturated rings. The van der Waals surface area contributed by atoms with Crippen molar-refractivity contribution in [1.82, 2.24) is 0 Å². The van der Waals surface area contributed by atoms with Gasteiger partial charge in [0.05, 0.1) is 0 Å². The predicted molar refractivity (Wildman–Crippen MR) is 69.8 cm³/mol. The van der Waals surface area contributed by atoms with Gasteiger partial charge in [0, 0.05) is 11.4 Å². The van der Waals surface area contributed by atoms with Gasteiger partial charge in [0.15, 0.2) is 6.61 Å². The van der Waals surface area contributed by atoms with Crippen molar-refractivity contribution in [2.75, 3.05) is 6.61 Å². The lowest BCUT2D eigenvalue weighted by Gasteiger charge is -2.20. The molecule has 1 atom stereocenters. The number of carbonyl (C=O) groups excluding carboxylic acids is 2. The molecule has 1 aromatic carbocycles. The van der Waals surface area contributed by atoms with Gasteiger partial charge in [0.1, 0.15) is 6.10 Å². The number of hydrogen-bond donors (Lipinski definition) is 0. The Balaban J connectivity index is 1.88. The minimum atomic E-state index is -0.478. The van der Waals surface area contributed by atoms with Crippen LogP contribution in [-0.2, 0) is 25.5 Å². The number of ether oxygens (including phenoxy) is 2. The molecule has 0 amide bonds. The van der Waals surface area contributed by atoms with Gasteiger partial charge >= 0.3 is 11.9 Å². The average Bonchev–Trinajstić information content (AvgIpc) is 2.39. The van der Waals surface area contributed by atoms with Gasteiger partial charge in [-0.2, -0.15) is 0 Å². The van der Waals surface area contributed by atoms with E-state index in [-0.39, 0.29) is 18.7 Å². The number of hydrogen-bond acceptors (Lipinski definition) is 4. The predicted octanol–water partition coefficient (Wildman–Crippen LogP) is 2.52. The zero-order valence-electron chi connectivity index (χ0n) is 10.4. The van der Waals surface area contributed by atoms with Crippen molar-refractivity contribution in [2.24, 2.45) is 0 Å². The SMILES string of the molecule is O=C1CC[C@H](CCc2ccc(Cl)cc2)OC(=O)CO1. The molecule has 0 N–H and O–H groups in total. The molecule has 0 radical (unpaired) electrons. The highest BCUT2D eigenvalue weighted by atomic mass is 35.5. The fourth-order valence-corrected chi connectivity index (χ4v) is 2.08. The molecule has 1 aliphatic heterocycles. The first kappa shape index (κ1) is 13.9. The summed E-state index contributed by atoms with van der Waals surface area (Å²) in [5, 5.41) is 0.698. The maximum Gasteiger partial charge on any atom is 0.344 e. The third-order valence-corrected chi connectivity index (χ3v) is 3.24. The number of cyclic esters (lactones) is 2. The van der Waals surface area contributed by atoms with Crippen LogP contribution in [0.4, 0.5) is 0 Å². The van der Waals surface area contributed by atoms with Crippen LogP contribution in [-0.4, -0.2) is 24.6 Å². The Morgan fingerprint density at radius 1 is 1.16 bits per heavy atom. The largest absolute Gasteiger partial charge is 0.460 e. The van der Waals surface area contributed by atoms with E-state index in [1.807, 2.05) is 24.3 Å². The van der Waals surface area contributed by atoms with Crippen molar-refractivity contribution in [3.63, 3.8) is 0 Å². The Morgan fingerprint density at radius 2 is 1.89 bits per heavy atom. The molecule has 102 valence electrons. The summed E-state index contributed by atoms with van der Waals surface area (Å²) in [7, 11) is 0. The topological polar surface area (TPSA) is 52.6 Å². The number of aryl methyl sites for hydroxylation is 1. The van der Waals surface area contributed by atoms with Crippen molar-refractivity contribution in [3.05, 3.63) is 34.9 Å². The highest BCUT2D eigenvalue weighted by Gasteiger charge is 2.21. The Labute approximate surface area is 116 Å². The molecule has 1 aliphatic rings. The number of benzene rings is 1. The second-order valence-electron chi connectivity index (χ2n) is 4.48. The molecule has 4 nitrogen and oxygen atoms in total. The molecular formula is C14H15ClO4. The first-order valence-corrected chi connectivity index (χ1v) is 6.61. The summed E-state index contributed by atoms with van der Waals surface area (Å²) < 4.78 is 9.93. The van der Waals surface area contributed by atoms with Crippen LogP contribution in [0.5, 0.6) is 0 Å². The first-order valence-electron chi connectivity index (χ1n) is 6.23. The highest BCUT2D eigenvalue weighted by molar-refractivity contribution is 6.30. The molecule has 0 aliphatic carbocycles. The molecule has 2 rings (SSSR count). The van der Waals surface area contributed by atoms with Crippen LogP contribution in [0.3, 0.4) is 0 Å². The van der Waals surface area contributed by atoms with Gasteiger partial charge < -0.3 is 9.47 Å². The normalized spacial score (nSPS) is 20.2. The lowest BCUT2D eigenvalue weighted by molar-refractivity contribution is -0.167.